The molecule has 0 bridgehead atoms. The van der Waals surface area contributed by atoms with E-state index in [1.807, 2.05) is 12.2 Å². The zero-order valence-corrected chi connectivity index (χ0v) is 24.2. The Morgan fingerprint density at radius 1 is 1.03 bits per heavy atom. The third-order valence-electron chi connectivity index (χ3n) is 9.81. The van der Waals surface area contributed by atoms with Crippen LogP contribution in [-0.4, -0.2) is 48.6 Å². The Bertz CT molecular complexity index is 1030. The highest BCUT2D eigenvalue weighted by atomic mass is 16.5. The maximum absolute atomic E-state index is 9.72. The molecule has 4 rings (SSSR count). The molecule has 1 heterocycles. The molecule has 3 saturated carbocycles. The van der Waals surface area contributed by atoms with Crippen molar-refractivity contribution in [1.29, 1.82) is 5.26 Å². The molecule has 3 unspecified atom stereocenters. The number of ether oxygens (including phenoxy) is 1. The second-order valence-corrected chi connectivity index (χ2v) is 12.1. The van der Waals surface area contributed by atoms with Gasteiger partial charge in [-0.2, -0.15) is 0 Å². The first-order chi connectivity index (χ1) is 19.1. The lowest BCUT2D eigenvalue weighted by molar-refractivity contribution is 0.0730. The molecule has 210 valence electrons. The summed E-state index contributed by atoms with van der Waals surface area (Å²) in [6.45, 7) is 20.8. The van der Waals surface area contributed by atoms with E-state index in [0.29, 0.717) is 17.3 Å². The molecule has 0 N–H and O–H groups in total. The largest absolute Gasteiger partial charge is 0.474 e. The van der Waals surface area contributed by atoms with E-state index in [1.165, 1.54) is 51.4 Å². The molecule has 39 heavy (non-hydrogen) atoms. The highest BCUT2D eigenvalue weighted by Crippen LogP contribution is 2.44. The first-order valence-electron chi connectivity index (χ1n) is 15.5. The molecule has 0 aromatic rings. The van der Waals surface area contributed by atoms with Crippen molar-refractivity contribution in [2.75, 3.05) is 26.7 Å². The fraction of sp³-hybridized carbons (Fsp3) is 0.727. The maximum Gasteiger partial charge on any atom is 0.255 e. The van der Waals surface area contributed by atoms with Gasteiger partial charge in [-0.15, -0.1) is 0 Å². The van der Waals surface area contributed by atoms with Crippen LogP contribution in [-0.2, 0) is 4.74 Å². The van der Waals surface area contributed by atoms with Gasteiger partial charge in [-0.3, -0.25) is 0 Å². The van der Waals surface area contributed by atoms with Crippen LogP contribution in [0.15, 0.2) is 35.0 Å². The third kappa shape index (κ3) is 7.26. The second kappa shape index (κ2) is 14.6. The Labute approximate surface area is 237 Å². The number of nitriles is 1. The van der Waals surface area contributed by atoms with Crippen LogP contribution in [0.5, 0.6) is 0 Å². The van der Waals surface area contributed by atoms with Gasteiger partial charge in [0.15, 0.2) is 11.6 Å². The Hall–Kier alpha value is -2.75. The topological polar surface area (TPSA) is 48.2 Å². The molecule has 6 heteroatoms. The van der Waals surface area contributed by atoms with E-state index in [9.17, 15) is 5.26 Å². The van der Waals surface area contributed by atoms with Crippen LogP contribution in [0, 0.1) is 42.2 Å². The van der Waals surface area contributed by atoms with Gasteiger partial charge in [0.1, 0.15) is 6.10 Å². The summed E-state index contributed by atoms with van der Waals surface area (Å²) in [4.78, 5) is 12.2. The summed E-state index contributed by atoms with van der Waals surface area (Å²) in [5.74, 6) is 2.65. The molecule has 0 spiro atoms. The first kappa shape index (κ1) is 29.2. The van der Waals surface area contributed by atoms with Gasteiger partial charge in [-0.1, -0.05) is 64.4 Å². The molecule has 0 radical (unpaired) electrons. The minimum absolute atomic E-state index is 0.0818. The zero-order chi connectivity index (χ0) is 27.6. The van der Waals surface area contributed by atoms with Crippen molar-refractivity contribution in [2.24, 2.45) is 17.8 Å². The van der Waals surface area contributed by atoms with Gasteiger partial charge in [0.2, 0.25) is 0 Å². The molecule has 0 aromatic carbocycles. The number of nitrogens with zero attached hydrogens (tertiary/aromatic N) is 5. The van der Waals surface area contributed by atoms with Crippen LogP contribution in [0.3, 0.4) is 0 Å². The summed E-state index contributed by atoms with van der Waals surface area (Å²) >= 11 is 0. The van der Waals surface area contributed by atoms with Crippen molar-refractivity contribution < 1.29 is 4.74 Å². The van der Waals surface area contributed by atoms with Gasteiger partial charge in [0.05, 0.1) is 25.3 Å². The normalized spacial score (nSPS) is 28.3. The highest BCUT2D eigenvalue weighted by molar-refractivity contribution is 5.50. The van der Waals surface area contributed by atoms with Crippen LogP contribution >= 0.6 is 0 Å². The molecule has 3 aliphatic carbocycles. The summed E-state index contributed by atoms with van der Waals surface area (Å²) < 4.78 is 6.62. The summed E-state index contributed by atoms with van der Waals surface area (Å²) in [5, 5.41) is 9.72. The summed E-state index contributed by atoms with van der Waals surface area (Å²) in [6.07, 6.45) is 20.9. The molecule has 1 saturated heterocycles. The van der Waals surface area contributed by atoms with Crippen LogP contribution in [0.2, 0.25) is 0 Å². The highest BCUT2D eigenvalue weighted by Gasteiger charge is 2.44. The van der Waals surface area contributed by atoms with Crippen LogP contribution < -0.4 is 0 Å². The molecule has 6 nitrogen and oxygen atoms in total. The SMILES string of the molecule is [C-]#[N+]C(=CC=C1OC2CCC(C3CCCCC3)CC2N1CCCN(C)CC)/C(=C(\C#N)[N+]#[C-])C1CCCCC1. The number of hydrogen-bond acceptors (Lipinski definition) is 4. The molecule has 4 aliphatic rings. The summed E-state index contributed by atoms with van der Waals surface area (Å²) in [6, 6.07) is 2.50. The van der Waals surface area contributed by atoms with Crippen molar-refractivity contribution in [2.45, 2.75) is 109 Å². The molecular formula is C33H47N5O. The Kier molecular flexibility index (Phi) is 10.9. The van der Waals surface area contributed by atoms with Crippen LogP contribution in [0.25, 0.3) is 9.69 Å². The van der Waals surface area contributed by atoms with E-state index in [-0.39, 0.29) is 17.7 Å². The molecule has 0 amide bonds. The lowest BCUT2D eigenvalue weighted by Crippen LogP contribution is -2.42. The van der Waals surface area contributed by atoms with Gasteiger partial charge in [-0.25, -0.2) is 15.0 Å². The third-order valence-corrected chi connectivity index (χ3v) is 9.81. The Morgan fingerprint density at radius 2 is 1.74 bits per heavy atom. The fourth-order valence-electron chi connectivity index (χ4n) is 7.51. The molecule has 1 aliphatic heterocycles. The zero-order valence-electron chi connectivity index (χ0n) is 24.2. The van der Waals surface area contributed by atoms with Crippen molar-refractivity contribution in [3.8, 4) is 6.07 Å². The molecular weight excluding hydrogens is 482 g/mol. The predicted octanol–water partition coefficient (Wildman–Crippen LogP) is 7.70. The van der Waals surface area contributed by atoms with Crippen molar-refractivity contribution in [3.63, 3.8) is 0 Å². The minimum atomic E-state index is 0.0818. The lowest BCUT2D eigenvalue weighted by atomic mass is 9.71. The van der Waals surface area contributed by atoms with Gasteiger partial charge < -0.3 is 14.5 Å². The minimum Gasteiger partial charge on any atom is -0.474 e. The van der Waals surface area contributed by atoms with E-state index in [0.717, 1.165) is 75.9 Å². The smallest absolute Gasteiger partial charge is 0.255 e. The average Bonchev–Trinajstić information content (AvgIpc) is 3.34. The van der Waals surface area contributed by atoms with Crippen molar-refractivity contribution >= 4 is 0 Å². The second-order valence-electron chi connectivity index (χ2n) is 12.1. The van der Waals surface area contributed by atoms with Crippen molar-refractivity contribution in [3.05, 3.63) is 57.8 Å². The predicted molar refractivity (Wildman–Crippen MR) is 156 cm³/mol. The quantitative estimate of drug-likeness (QED) is 0.174. The van der Waals surface area contributed by atoms with Gasteiger partial charge in [0.25, 0.3) is 5.70 Å². The first-order valence-corrected chi connectivity index (χ1v) is 15.5. The van der Waals surface area contributed by atoms with Gasteiger partial charge >= 0.3 is 0 Å². The summed E-state index contributed by atoms with van der Waals surface area (Å²) in [7, 11) is 2.17. The maximum atomic E-state index is 9.72. The van der Waals surface area contributed by atoms with Gasteiger partial charge in [-0.05, 0) is 88.1 Å². The van der Waals surface area contributed by atoms with E-state index >= 15 is 0 Å². The van der Waals surface area contributed by atoms with E-state index in [1.54, 1.807) is 0 Å². The average molecular weight is 530 g/mol. The van der Waals surface area contributed by atoms with Crippen LogP contribution in [0.4, 0.5) is 0 Å². The number of allylic oxidation sites excluding steroid dienone is 4. The lowest BCUT2D eigenvalue weighted by Gasteiger charge is -2.39. The van der Waals surface area contributed by atoms with Crippen LogP contribution in [0.1, 0.15) is 96.8 Å². The fourth-order valence-corrected chi connectivity index (χ4v) is 7.51. The van der Waals surface area contributed by atoms with Crippen molar-refractivity contribution in [1.82, 2.24) is 9.80 Å². The monoisotopic (exact) mass is 529 g/mol. The molecule has 0 aromatic heterocycles. The standard InChI is InChI=1S/C33H47N5O/c1-5-37(4)21-12-22-38-30-23-27(25-13-8-6-9-14-25)17-19-31(30)39-32(38)20-18-28(35-2)33(29(24-34)36-3)26-15-10-7-11-16-26/h18,20,25-27,30-31H,5-17,19,21-23H2,1,4H3/b28-18?,32-20?,33-29+. The number of fused-ring (bicyclic) bond motifs is 1. The Balaban J connectivity index is 1.60. The van der Waals surface area contributed by atoms with E-state index in [4.69, 9.17) is 17.9 Å². The molecule has 4 fully saturated rings. The molecule has 3 atom stereocenters. The van der Waals surface area contributed by atoms with Gasteiger partial charge in [0, 0.05) is 6.54 Å². The van der Waals surface area contributed by atoms with E-state index < -0.39 is 0 Å². The Morgan fingerprint density at radius 3 is 2.38 bits per heavy atom. The number of hydrogen-bond donors (Lipinski definition) is 0. The number of rotatable bonds is 9. The summed E-state index contributed by atoms with van der Waals surface area (Å²) in [5.41, 5.74) is 1.17. The van der Waals surface area contributed by atoms with E-state index in [2.05, 4.69) is 39.5 Å².